The Morgan fingerprint density at radius 3 is 1.03 bits per heavy atom. The molecule has 2 aromatic heterocycles. The fraction of sp³-hybridized carbons (Fsp3) is 0.511. The molecule has 2 aliphatic carbocycles. The van der Waals surface area contributed by atoms with Crippen molar-refractivity contribution in [1.29, 1.82) is 0 Å². The molecular formula is C90H122B2O6S2. The molecule has 1 aliphatic heterocycles. The molecule has 8 aromatic rings. The summed E-state index contributed by atoms with van der Waals surface area (Å²) < 4.78 is 11.1. The Labute approximate surface area is 613 Å². The lowest BCUT2D eigenvalue weighted by atomic mass is 9.67. The maximum absolute atomic E-state index is 9.84. The van der Waals surface area contributed by atoms with Crippen molar-refractivity contribution in [3.05, 3.63) is 173 Å². The molecular weight excluding hydrogens is 1260 g/mol. The van der Waals surface area contributed by atoms with E-state index in [-0.39, 0.29) is 10.8 Å². The van der Waals surface area contributed by atoms with E-state index in [2.05, 4.69) is 151 Å². The number of aryl methyl sites for hydroxylation is 1. The molecule has 10 heteroatoms. The maximum atomic E-state index is 9.84. The van der Waals surface area contributed by atoms with Crippen LogP contribution in [0.5, 0.6) is 5.75 Å². The summed E-state index contributed by atoms with van der Waals surface area (Å²) in [6, 6.07) is 54.2. The minimum atomic E-state index is -1.50. The molecule has 1 saturated heterocycles. The Hall–Kier alpha value is -5.55. The summed E-state index contributed by atoms with van der Waals surface area (Å²) in [6.07, 6.45) is 43.6. The number of benzene rings is 6. The number of thiophene rings is 2. The van der Waals surface area contributed by atoms with E-state index in [9.17, 15) is 20.1 Å². The van der Waals surface area contributed by atoms with Crippen molar-refractivity contribution in [2.75, 3.05) is 19.8 Å². The van der Waals surface area contributed by atoms with E-state index in [4.69, 9.17) is 9.47 Å². The van der Waals surface area contributed by atoms with Gasteiger partial charge in [0, 0.05) is 43.6 Å². The first kappa shape index (κ1) is 78.6. The fourth-order valence-corrected chi connectivity index (χ4v) is 18.0. The lowest BCUT2D eigenvalue weighted by molar-refractivity contribution is 0.198. The first-order valence-electron chi connectivity index (χ1n) is 39.9. The van der Waals surface area contributed by atoms with Crippen LogP contribution in [0.25, 0.3) is 64.0 Å². The fourth-order valence-electron chi connectivity index (χ4n) is 15.9. The van der Waals surface area contributed by atoms with Gasteiger partial charge in [-0.15, -0.1) is 22.7 Å². The van der Waals surface area contributed by atoms with Crippen LogP contribution in [0, 0.1) is 0 Å². The van der Waals surface area contributed by atoms with Gasteiger partial charge >= 0.3 is 14.2 Å². The zero-order chi connectivity index (χ0) is 70.4. The van der Waals surface area contributed by atoms with E-state index in [1.54, 1.807) is 23.3 Å². The summed E-state index contributed by atoms with van der Waals surface area (Å²) in [5.41, 5.74) is 18.3. The highest BCUT2D eigenvalue weighted by atomic mass is 32.1. The van der Waals surface area contributed by atoms with Crippen LogP contribution in [0.2, 0.25) is 0 Å². The molecule has 0 amide bonds. The van der Waals surface area contributed by atoms with E-state index in [0.29, 0.717) is 10.9 Å². The predicted molar refractivity (Wildman–Crippen MR) is 434 cm³/mol. The molecule has 11 rings (SSSR count). The van der Waals surface area contributed by atoms with Crippen molar-refractivity contribution < 1.29 is 29.6 Å². The second-order valence-corrected chi connectivity index (χ2v) is 31.5. The van der Waals surface area contributed by atoms with Crippen molar-refractivity contribution in [2.45, 2.75) is 277 Å². The predicted octanol–water partition coefficient (Wildman–Crippen LogP) is 24.4. The van der Waals surface area contributed by atoms with Crippen molar-refractivity contribution in [3.63, 3.8) is 0 Å². The summed E-state index contributed by atoms with van der Waals surface area (Å²) in [5.74, 6) is 0.979. The Kier molecular flexibility index (Phi) is 32.7. The zero-order valence-electron chi connectivity index (χ0n) is 62.3. The first-order chi connectivity index (χ1) is 49.0. The third-order valence-electron chi connectivity index (χ3n) is 21.8. The highest BCUT2D eigenvalue weighted by Gasteiger charge is 2.45. The molecule has 4 N–H and O–H groups in total. The molecule has 0 unspecified atom stereocenters. The van der Waals surface area contributed by atoms with Crippen LogP contribution in [0.4, 0.5) is 0 Å². The van der Waals surface area contributed by atoms with Gasteiger partial charge in [-0.3, -0.25) is 0 Å². The molecule has 1 fully saturated rings. The summed E-state index contributed by atoms with van der Waals surface area (Å²) in [4.78, 5) is 5.41. The van der Waals surface area contributed by atoms with Gasteiger partial charge < -0.3 is 29.6 Å². The molecule has 0 spiro atoms. The monoisotopic (exact) mass is 1380 g/mol. The number of rotatable bonds is 41. The van der Waals surface area contributed by atoms with E-state index in [1.807, 2.05) is 46.9 Å². The van der Waals surface area contributed by atoms with Crippen LogP contribution in [-0.4, -0.2) is 54.2 Å². The molecule has 0 saturated carbocycles. The highest BCUT2D eigenvalue weighted by Crippen LogP contribution is 2.57. The number of unbranched alkanes of at least 4 members (excludes halogenated alkanes) is 22. The van der Waals surface area contributed by atoms with E-state index < -0.39 is 14.2 Å². The number of ether oxygens (including phenoxy) is 2. The molecule has 0 atom stereocenters. The molecule has 3 heterocycles. The van der Waals surface area contributed by atoms with Crippen LogP contribution in [0.15, 0.2) is 146 Å². The molecule has 100 heavy (non-hydrogen) atoms. The van der Waals surface area contributed by atoms with Crippen LogP contribution < -0.4 is 15.7 Å². The third kappa shape index (κ3) is 21.3. The Balaban J connectivity index is 0.000000267. The van der Waals surface area contributed by atoms with Crippen LogP contribution in [0.3, 0.4) is 0 Å². The van der Waals surface area contributed by atoms with E-state index >= 15 is 0 Å². The Morgan fingerprint density at radius 1 is 0.340 bits per heavy atom. The molecule has 0 bridgehead atoms. The van der Waals surface area contributed by atoms with E-state index in [1.165, 1.54) is 251 Å². The van der Waals surface area contributed by atoms with Gasteiger partial charge in [0.2, 0.25) is 0 Å². The normalized spacial score (nSPS) is 13.6. The van der Waals surface area contributed by atoms with Gasteiger partial charge in [-0.25, -0.2) is 0 Å². The van der Waals surface area contributed by atoms with Crippen LogP contribution >= 0.6 is 22.7 Å². The first-order valence-corrected chi connectivity index (χ1v) is 41.6. The SMILES string of the molecule is C1CCOC1.CCCCCCC1(CCCCCC)c2cc(B(O)O)ccc2-c2ccc(B(O)O)cc21.CCCCCCCCOc1ccc(-c2ccc(-c3ccc4c(c3)C(CCCCCC)(CCCCCC)c3cc(-c5ccc(-c6ccc(CCCCCCCC)cc6)s5)ccc3-4)s2)cc1. The zero-order valence-corrected chi connectivity index (χ0v) is 63.9. The van der Waals surface area contributed by atoms with Crippen LogP contribution in [0.1, 0.15) is 288 Å². The van der Waals surface area contributed by atoms with Crippen LogP contribution in [-0.2, 0) is 22.0 Å². The topological polar surface area (TPSA) is 99.4 Å². The molecule has 6 aromatic carbocycles. The van der Waals surface area contributed by atoms with Gasteiger partial charge in [0.05, 0.1) is 6.61 Å². The van der Waals surface area contributed by atoms with Crippen molar-refractivity contribution in [3.8, 4) is 69.8 Å². The summed E-state index contributed by atoms with van der Waals surface area (Å²) in [5, 5.41) is 39.4. The molecule has 536 valence electrons. The number of hydrogen-bond acceptors (Lipinski definition) is 8. The Morgan fingerprint density at radius 2 is 0.660 bits per heavy atom. The van der Waals surface area contributed by atoms with Gasteiger partial charge in [-0.05, 0) is 202 Å². The summed E-state index contributed by atoms with van der Waals surface area (Å²) in [6.45, 7) is 16.5. The van der Waals surface area contributed by atoms with Gasteiger partial charge in [0.15, 0.2) is 0 Å². The van der Waals surface area contributed by atoms with Gasteiger partial charge in [0.1, 0.15) is 5.75 Å². The minimum absolute atomic E-state index is 0.0233. The van der Waals surface area contributed by atoms with E-state index in [0.717, 1.165) is 79.9 Å². The summed E-state index contributed by atoms with van der Waals surface area (Å²) in [7, 11) is -3.00. The molecule has 3 aliphatic rings. The van der Waals surface area contributed by atoms with Crippen molar-refractivity contribution >= 4 is 47.8 Å². The van der Waals surface area contributed by atoms with Crippen molar-refractivity contribution in [2.24, 2.45) is 0 Å². The van der Waals surface area contributed by atoms with Gasteiger partial charge in [-0.2, -0.15) is 0 Å². The summed E-state index contributed by atoms with van der Waals surface area (Å²) >= 11 is 3.88. The lowest BCUT2D eigenvalue weighted by Gasteiger charge is -2.33. The second-order valence-electron chi connectivity index (χ2n) is 29.3. The number of fused-ring (bicyclic) bond motifs is 6. The maximum Gasteiger partial charge on any atom is 0.488 e. The Bertz CT molecular complexity index is 3560. The minimum Gasteiger partial charge on any atom is -0.494 e. The average molecular weight is 1390 g/mol. The smallest absolute Gasteiger partial charge is 0.488 e. The highest BCUT2D eigenvalue weighted by molar-refractivity contribution is 7.19. The van der Waals surface area contributed by atoms with Gasteiger partial charge in [0.25, 0.3) is 0 Å². The average Bonchev–Trinajstić information content (AvgIpc) is 1.57. The number of hydrogen-bond donors (Lipinski definition) is 4. The largest absolute Gasteiger partial charge is 0.494 e. The molecule has 0 radical (unpaired) electrons. The molecule has 6 nitrogen and oxygen atoms in total. The van der Waals surface area contributed by atoms with Gasteiger partial charge in [-0.1, -0.05) is 293 Å². The quantitative estimate of drug-likeness (QED) is 0.0225. The second kappa shape index (κ2) is 41.7. The third-order valence-corrected chi connectivity index (χ3v) is 24.1. The lowest BCUT2D eigenvalue weighted by Crippen LogP contribution is -2.34. The van der Waals surface area contributed by atoms with Crippen molar-refractivity contribution in [1.82, 2.24) is 0 Å². The standard InChI is InChI=1S/C61H78OS2.C25H36B2O4.C4H8O/c1-5-9-13-17-19-21-25-47-26-28-48(29-27-47)57-38-40-59(63-57)50-32-36-53-54-37-33-51(46-56(54)61(55(53)45-50,42-22-15-11-7-3)43-23-16-12-8-4)60-41-39-58(64-60)49-30-34-52(35-31-49)62-44-24-20-18-14-10-6-2;1-3-5-7-9-15-25(16-10-8-6-4-2)23-17-19(26(28)29)11-13-21(23)22-14-12-20(27(30)31)18-24(22)25;1-2-4-5-3-1/h26-41,45-46H,5-25,42-44H2,1-4H3;11-14,17-18,28-31H,3-10,15-16H2,1-2H3;1-4H2.